The first-order valence-corrected chi connectivity index (χ1v) is 17.2. The summed E-state index contributed by atoms with van der Waals surface area (Å²) in [5, 5.41) is 3.08. The van der Waals surface area contributed by atoms with E-state index in [1.807, 2.05) is 72.8 Å². The zero-order chi connectivity index (χ0) is 34.2. The molecule has 7 nitrogen and oxygen atoms in total. The van der Waals surface area contributed by atoms with Crippen LogP contribution in [0.3, 0.4) is 0 Å². The maximum atomic E-state index is 14.2. The predicted molar refractivity (Wildman–Crippen MR) is 196 cm³/mol. The summed E-state index contributed by atoms with van der Waals surface area (Å²) in [6, 6.07) is 38.5. The Morgan fingerprint density at radius 2 is 1.32 bits per heavy atom. The zero-order valence-corrected chi connectivity index (χ0v) is 28.0. The third kappa shape index (κ3) is 6.05. The molecule has 3 aliphatic heterocycles. The quantitative estimate of drug-likeness (QED) is 0.138. The molecular formula is C42H34ClN3O4. The van der Waals surface area contributed by atoms with Gasteiger partial charge in [-0.05, 0) is 88.7 Å². The average molecular weight is 680 g/mol. The number of carbonyl (C=O) groups excluding carboxylic acids is 3. The van der Waals surface area contributed by atoms with Crippen LogP contribution in [-0.4, -0.2) is 30.9 Å². The van der Waals surface area contributed by atoms with Crippen LogP contribution in [-0.2, 0) is 16.2 Å². The lowest BCUT2D eigenvalue weighted by atomic mass is 9.76. The summed E-state index contributed by atoms with van der Waals surface area (Å²) >= 11 is 5.98. The van der Waals surface area contributed by atoms with Crippen LogP contribution < -0.4 is 19.9 Å². The third-order valence-electron chi connectivity index (χ3n) is 9.87. The minimum atomic E-state index is -0.758. The van der Waals surface area contributed by atoms with Gasteiger partial charge in [-0.3, -0.25) is 14.9 Å². The number of imide groups is 2. The molecular weight excluding hydrogens is 646 g/mol. The van der Waals surface area contributed by atoms with Crippen LogP contribution in [0, 0.1) is 0 Å². The molecule has 0 aromatic heterocycles. The fourth-order valence-electron chi connectivity index (χ4n) is 7.43. The fourth-order valence-corrected chi connectivity index (χ4v) is 7.56. The molecule has 50 heavy (non-hydrogen) atoms. The van der Waals surface area contributed by atoms with Gasteiger partial charge in [0, 0.05) is 35.6 Å². The fraction of sp³-hybridized carbons (Fsp3) is 0.167. The molecule has 248 valence electrons. The van der Waals surface area contributed by atoms with Crippen molar-refractivity contribution in [2.24, 2.45) is 0 Å². The lowest BCUT2D eigenvalue weighted by molar-refractivity contribution is -0.122. The molecule has 3 heterocycles. The number of ether oxygens (including phenoxy) is 1. The topological polar surface area (TPSA) is 79.0 Å². The normalized spacial score (nSPS) is 19.3. The second kappa shape index (κ2) is 13.3. The molecule has 0 spiro atoms. The van der Waals surface area contributed by atoms with Crippen molar-refractivity contribution in [1.82, 2.24) is 5.32 Å². The summed E-state index contributed by atoms with van der Waals surface area (Å²) in [5.74, 6) is -0.568. The number of barbiturate groups is 1. The molecule has 5 aromatic rings. The monoisotopic (exact) mass is 679 g/mol. The lowest BCUT2D eigenvalue weighted by Gasteiger charge is -2.44. The molecule has 0 bridgehead atoms. The van der Waals surface area contributed by atoms with Crippen molar-refractivity contribution in [1.29, 1.82) is 0 Å². The number of nitrogens with one attached hydrogen (secondary N) is 1. The first-order valence-electron chi connectivity index (χ1n) is 16.8. The summed E-state index contributed by atoms with van der Waals surface area (Å²) in [6.07, 6.45) is 3.35. The molecule has 3 aliphatic rings. The number of anilines is 2. The smallest absolute Gasteiger partial charge is 0.335 e. The third-order valence-corrected chi connectivity index (χ3v) is 10.1. The van der Waals surface area contributed by atoms with Crippen LogP contribution in [0.4, 0.5) is 16.2 Å². The maximum absolute atomic E-state index is 14.2. The highest BCUT2D eigenvalue weighted by molar-refractivity contribution is 6.39. The molecule has 0 unspecified atom stereocenters. The Morgan fingerprint density at radius 3 is 1.90 bits per heavy atom. The van der Waals surface area contributed by atoms with E-state index in [0.29, 0.717) is 28.6 Å². The van der Waals surface area contributed by atoms with Gasteiger partial charge in [0.1, 0.15) is 17.9 Å². The standard InChI is InChI=1S/C42H34ClN3O4/c43-31-15-11-28(12-16-31)26-50-33-17-13-27(14-18-33)23-38-40(47)44-42(49)46(41(38)48)32-24-36-34(29-7-3-1-4-8-29)19-21-45-22-20-35(37(25-32)39(36)45)30-9-5-2-6-10-30/h1-18,23-25,34-35H,19-22,26H2,(H,44,47,49)/b38-23+/t34-,35-/m0/s1. The highest BCUT2D eigenvalue weighted by atomic mass is 35.5. The number of amides is 4. The maximum Gasteiger partial charge on any atom is 0.335 e. The minimum absolute atomic E-state index is 0.0932. The van der Waals surface area contributed by atoms with Crippen LogP contribution >= 0.6 is 11.6 Å². The molecule has 1 N–H and O–H groups in total. The van der Waals surface area contributed by atoms with E-state index >= 15 is 0 Å². The molecule has 8 heteroatoms. The number of urea groups is 1. The Balaban J connectivity index is 1.15. The van der Waals surface area contributed by atoms with Crippen LogP contribution in [0.2, 0.25) is 5.02 Å². The van der Waals surface area contributed by atoms with E-state index in [1.54, 1.807) is 24.3 Å². The van der Waals surface area contributed by atoms with E-state index in [-0.39, 0.29) is 17.4 Å². The minimum Gasteiger partial charge on any atom is -0.489 e. The largest absolute Gasteiger partial charge is 0.489 e. The lowest BCUT2D eigenvalue weighted by Crippen LogP contribution is -2.54. The van der Waals surface area contributed by atoms with E-state index in [1.165, 1.54) is 22.9 Å². The van der Waals surface area contributed by atoms with Crippen molar-refractivity contribution in [3.8, 4) is 5.75 Å². The van der Waals surface area contributed by atoms with Crippen molar-refractivity contribution >= 4 is 46.9 Å². The van der Waals surface area contributed by atoms with Crippen molar-refractivity contribution < 1.29 is 19.1 Å². The number of halogens is 1. The first kappa shape index (κ1) is 31.6. The van der Waals surface area contributed by atoms with Crippen molar-refractivity contribution in [3.63, 3.8) is 0 Å². The SMILES string of the molecule is O=C1NC(=O)N(c2cc3c4c(c2)[C@H](c2ccccc2)CCN4CC[C@H]3c2ccccc2)C(=O)/C1=C/c1ccc(OCc2ccc(Cl)cc2)cc1. The van der Waals surface area contributed by atoms with Crippen LogP contribution in [0.15, 0.2) is 127 Å². The van der Waals surface area contributed by atoms with Gasteiger partial charge >= 0.3 is 6.03 Å². The van der Waals surface area contributed by atoms with Gasteiger partial charge in [0.15, 0.2) is 0 Å². The first-order chi connectivity index (χ1) is 24.4. The number of hydrogen-bond acceptors (Lipinski definition) is 5. The Hall–Kier alpha value is -5.66. The number of rotatable bonds is 7. The molecule has 0 radical (unpaired) electrons. The molecule has 2 atom stereocenters. The van der Waals surface area contributed by atoms with Crippen molar-refractivity contribution in [2.75, 3.05) is 22.9 Å². The second-order valence-corrected chi connectivity index (χ2v) is 13.3. The van der Waals surface area contributed by atoms with Gasteiger partial charge in [-0.2, -0.15) is 0 Å². The van der Waals surface area contributed by atoms with Crippen molar-refractivity contribution in [2.45, 2.75) is 31.3 Å². The van der Waals surface area contributed by atoms with E-state index in [9.17, 15) is 14.4 Å². The van der Waals surface area contributed by atoms with Gasteiger partial charge in [-0.15, -0.1) is 0 Å². The van der Waals surface area contributed by atoms with Crippen LogP contribution in [0.5, 0.6) is 5.75 Å². The van der Waals surface area contributed by atoms with E-state index in [4.69, 9.17) is 16.3 Å². The molecule has 1 saturated heterocycles. The summed E-state index contributed by atoms with van der Waals surface area (Å²) < 4.78 is 5.90. The number of carbonyl (C=O) groups is 3. The van der Waals surface area contributed by atoms with Crippen LogP contribution in [0.25, 0.3) is 6.08 Å². The molecule has 5 aromatic carbocycles. The van der Waals surface area contributed by atoms with Crippen molar-refractivity contribution in [3.05, 3.63) is 165 Å². The zero-order valence-electron chi connectivity index (χ0n) is 27.2. The number of benzene rings is 5. The Morgan fingerprint density at radius 1 is 0.740 bits per heavy atom. The molecule has 0 saturated carbocycles. The van der Waals surface area contributed by atoms with Gasteiger partial charge < -0.3 is 9.64 Å². The van der Waals surface area contributed by atoms with Gasteiger partial charge in [-0.25, -0.2) is 9.69 Å². The van der Waals surface area contributed by atoms with Gasteiger partial charge in [0.2, 0.25) is 0 Å². The Kier molecular flexibility index (Phi) is 8.43. The number of hydrogen-bond donors (Lipinski definition) is 1. The molecule has 4 amide bonds. The second-order valence-electron chi connectivity index (χ2n) is 12.9. The molecule has 1 fully saturated rings. The summed E-state index contributed by atoms with van der Waals surface area (Å²) in [7, 11) is 0. The molecule has 0 aliphatic carbocycles. The summed E-state index contributed by atoms with van der Waals surface area (Å²) in [4.78, 5) is 44.4. The Bertz CT molecular complexity index is 2040. The van der Waals surface area contributed by atoms with Crippen LogP contribution in [0.1, 0.15) is 58.1 Å². The predicted octanol–water partition coefficient (Wildman–Crippen LogP) is 8.46. The average Bonchev–Trinajstić information content (AvgIpc) is 3.14. The van der Waals surface area contributed by atoms with Gasteiger partial charge in [-0.1, -0.05) is 96.5 Å². The number of nitrogens with zero attached hydrogens (tertiary/aromatic N) is 2. The van der Waals surface area contributed by atoms with Gasteiger partial charge in [0.05, 0.1) is 5.69 Å². The molecule has 8 rings (SSSR count). The van der Waals surface area contributed by atoms with Gasteiger partial charge in [0.25, 0.3) is 11.8 Å². The summed E-state index contributed by atoms with van der Waals surface area (Å²) in [6.45, 7) is 2.22. The van der Waals surface area contributed by atoms with E-state index in [2.05, 4.69) is 34.5 Å². The van der Waals surface area contributed by atoms with E-state index in [0.717, 1.165) is 47.5 Å². The highest BCUT2D eigenvalue weighted by Crippen LogP contribution is 2.50. The Labute approximate surface area is 295 Å². The highest BCUT2D eigenvalue weighted by Gasteiger charge is 2.40. The van der Waals surface area contributed by atoms with E-state index < -0.39 is 17.8 Å². The summed E-state index contributed by atoms with van der Waals surface area (Å²) in [5.41, 5.74) is 7.69.